The van der Waals surface area contributed by atoms with Crippen molar-refractivity contribution in [2.75, 3.05) is 13.1 Å². The van der Waals surface area contributed by atoms with Gasteiger partial charge >= 0.3 is 0 Å². The van der Waals surface area contributed by atoms with Crippen LogP contribution in [0.5, 0.6) is 0 Å². The highest BCUT2D eigenvalue weighted by Gasteiger charge is 2.27. The van der Waals surface area contributed by atoms with Crippen LogP contribution in [0.2, 0.25) is 0 Å². The minimum atomic E-state index is -0.256. The monoisotopic (exact) mass is 301 g/mol. The Labute approximate surface area is 127 Å². The predicted molar refractivity (Wildman–Crippen MR) is 80.7 cm³/mol. The molecule has 0 saturated carbocycles. The summed E-state index contributed by atoms with van der Waals surface area (Å²) in [7, 11) is 0. The fraction of sp³-hybridized carbons (Fsp3) is 0.467. The van der Waals surface area contributed by atoms with Crippen LogP contribution in [-0.2, 0) is 6.42 Å². The number of nitrogens with zero attached hydrogens (tertiary/aromatic N) is 3. The minimum absolute atomic E-state index is 0.125. The van der Waals surface area contributed by atoms with E-state index in [0.29, 0.717) is 18.8 Å². The van der Waals surface area contributed by atoms with E-state index in [1.54, 1.807) is 17.0 Å². The van der Waals surface area contributed by atoms with Crippen molar-refractivity contribution < 1.29 is 4.79 Å². The summed E-state index contributed by atoms with van der Waals surface area (Å²) in [6.45, 7) is 3.33. The van der Waals surface area contributed by atoms with E-state index in [1.165, 1.54) is 6.07 Å². The molecule has 0 aliphatic carbocycles. The molecule has 1 amide bonds. The first-order chi connectivity index (χ1) is 10.7. The van der Waals surface area contributed by atoms with Crippen molar-refractivity contribution in [3.63, 3.8) is 0 Å². The van der Waals surface area contributed by atoms with Crippen LogP contribution in [0, 0.1) is 0 Å². The number of aromatic amines is 2. The van der Waals surface area contributed by atoms with Crippen LogP contribution in [0.4, 0.5) is 0 Å². The molecular weight excluding hydrogens is 282 g/mol. The van der Waals surface area contributed by atoms with Gasteiger partial charge in [0.15, 0.2) is 5.82 Å². The number of H-pyrrole nitrogens is 2. The van der Waals surface area contributed by atoms with Gasteiger partial charge in [0.25, 0.3) is 5.91 Å². The Morgan fingerprint density at radius 2 is 2.14 bits per heavy atom. The summed E-state index contributed by atoms with van der Waals surface area (Å²) in [5.41, 5.74) is 0.0886. The molecular formula is C15H19N5O2. The summed E-state index contributed by atoms with van der Waals surface area (Å²) < 4.78 is 0. The van der Waals surface area contributed by atoms with Crippen LogP contribution in [0.1, 0.15) is 47.8 Å². The fourth-order valence-electron chi connectivity index (χ4n) is 2.73. The summed E-state index contributed by atoms with van der Waals surface area (Å²) in [4.78, 5) is 32.5. The minimum Gasteiger partial charge on any atom is -0.337 e. The van der Waals surface area contributed by atoms with E-state index < -0.39 is 0 Å². The smallest absolute Gasteiger partial charge is 0.270 e. The van der Waals surface area contributed by atoms with E-state index >= 15 is 0 Å². The normalized spacial score (nSPS) is 16.0. The van der Waals surface area contributed by atoms with Crippen molar-refractivity contribution >= 4 is 5.91 Å². The van der Waals surface area contributed by atoms with Gasteiger partial charge in [-0.3, -0.25) is 14.7 Å². The Kier molecular flexibility index (Phi) is 4.04. The van der Waals surface area contributed by atoms with Crippen molar-refractivity contribution in [1.29, 1.82) is 0 Å². The second-order valence-corrected chi connectivity index (χ2v) is 5.49. The summed E-state index contributed by atoms with van der Waals surface area (Å²) in [5.74, 6) is 1.91. The number of carbonyl (C=O) groups excluding carboxylic acids is 1. The lowest BCUT2D eigenvalue weighted by Gasteiger charge is -2.30. The number of amides is 1. The number of pyridine rings is 1. The third-order valence-electron chi connectivity index (χ3n) is 4.03. The Hall–Kier alpha value is -2.44. The maximum Gasteiger partial charge on any atom is 0.270 e. The van der Waals surface area contributed by atoms with Gasteiger partial charge in [0.05, 0.1) is 0 Å². The number of aromatic nitrogens is 4. The fourth-order valence-corrected chi connectivity index (χ4v) is 2.73. The first-order valence-electron chi connectivity index (χ1n) is 7.57. The van der Waals surface area contributed by atoms with Gasteiger partial charge < -0.3 is 9.88 Å². The van der Waals surface area contributed by atoms with Crippen molar-refractivity contribution in [3.8, 4) is 0 Å². The lowest BCUT2D eigenvalue weighted by atomic mass is 9.96. The number of likely N-dealkylation sites (tertiary alicyclic amines) is 1. The molecule has 1 aliphatic heterocycles. The molecule has 22 heavy (non-hydrogen) atoms. The molecule has 116 valence electrons. The molecule has 1 saturated heterocycles. The lowest BCUT2D eigenvalue weighted by molar-refractivity contribution is 0.0705. The standard InChI is InChI=1S/C15H19N5O2/c1-2-12-17-14(19-18-12)10-6-8-20(9-7-10)15(22)11-4-3-5-13(21)16-11/h3-5,10H,2,6-9H2,1H3,(H,16,21)(H,17,18,19). The van der Waals surface area contributed by atoms with Crippen LogP contribution in [0.25, 0.3) is 0 Å². The van der Waals surface area contributed by atoms with Gasteiger partial charge in [-0.1, -0.05) is 13.0 Å². The zero-order chi connectivity index (χ0) is 15.5. The first kappa shape index (κ1) is 14.5. The second-order valence-electron chi connectivity index (χ2n) is 5.49. The maximum atomic E-state index is 12.4. The van der Waals surface area contributed by atoms with Crippen molar-refractivity contribution in [1.82, 2.24) is 25.1 Å². The first-order valence-corrected chi connectivity index (χ1v) is 7.57. The van der Waals surface area contributed by atoms with Gasteiger partial charge in [-0.25, -0.2) is 4.98 Å². The zero-order valence-corrected chi connectivity index (χ0v) is 12.5. The van der Waals surface area contributed by atoms with Crippen molar-refractivity contribution in [2.45, 2.75) is 32.1 Å². The molecule has 7 heteroatoms. The molecule has 3 heterocycles. The number of piperidine rings is 1. The Bertz CT molecular complexity index is 712. The largest absolute Gasteiger partial charge is 0.337 e. The van der Waals surface area contributed by atoms with Gasteiger partial charge in [0.1, 0.15) is 11.5 Å². The number of nitrogens with one attached hydrogen (secondary N) is 2. The molecule has 0 unspecified atom stereocenters. The quantitative estimate of drug-likeness (QED) is 0.886. The van der Waals surface area contributed by atoms with E-state index in [0.717, 1.165) is 30.9 Å². The second kappa shape index (κ2) is 6.13. The average Bonchev–Trinajstić information content (AvgIpc) is 3.03. The molecule has 2 aromatic rings. The van der Waals surface area contributed by atoms with Gasteiger partial charge in [-0.15, -0.1) is 0 Å². The van der Waals surface area contributed by atoms with E-state index in [-0.39, 0.29) is 17.4 Å². The molecule has 0 aromatic carbocycles. The van der Waals surface area contributed by atoms with Gasteiger partial charge in [-0.05, 0) is 18.9 Å². The lowest BCUT2D eigenvalue weighted by Crippen LogP contribution is -2.39. The summed E-state index contributed by atoms with van der Waals surface area (Å²) >= 11 is 0. The molecule has 0 radical (unpaired) electrons. The maximum absolute atomic E-state index is 12.4. The molecule has 2 N–H and O–H groups in total. The number of hydrogen-bond donors (Lipinski definition) is 2. The Morgan fingerprint density at radius 1 is 1.36 bits per heavy atom. The summed E-state index contributed by atoms with van der Waals surface area (Å²) in [5, 5.41) is 7.20. The van der Waals surface area contributed by atoms with Crippen LogP contribution >= 0.6 is 0 Å². The molecule has 0 bridgehead atoms. The number of carbonyl (C=O) groups is 1. The predicted octanol–water partition coefficient (Wildman–Crippen LogP) is 1.08. The van der Waals surface area contributed by atoms with Crippen LogP contribution < -0.4 is 5.56 Å². The highest BCUT2D eigenvalue weighted by atomic mass is 16.2. The Balaban J connectivity index is 1.64. The molecule has 7 nitrogen and oxygen atoms in total. The van der Waals surface area contributed by atoms with Crippen molar-refractivity contribution in [3.05, 3.63) is 45.9 Å². The van der Waals surface area contributed by atoms with E-state index in [1.807, 2.05) is 6.92 Å². The molecule has 0 spiro atoms. The molecule has 0 atom stereocenters. The zero-order valence-electron chi connectivity index (χ0n) is 12.5. The molecule has 2 aromatic heterocycles. The SMILES string of the molecule is CCc1nc(C2CCN(C(=O)c3cccc(=O)[nH]3)CC2)n[nH]1. The van der Waals surface area contributed by atoms with Crippen molar-refractivity contribution in [2.24, 2.45) is 0 Å². The third kappa shape index (κ3) is 2.93. The summed E-state index contributed by atoms with van der Waals surface area (Å²) in [6, 6.07) is 4.63. The molecule has 3 rings (SSSR count). The molecule has 1 fully saturated rings. The topological polar surface area (TPSA) is 94.7 Å². The Morgan fingerprint density at radius 3 is 2.77 bits per heavy atom. The summed E-state index contributed by atoms with van der Waals surface area (Å²) in [6.07, 6.45) is 2.51. The van der Waals surface area contributed by atoms with Crippen LogP contribution in [-0.4, -0.2) is 44.1 Å². The molecule has 1 aliphatic rings. The van der Waals surface area contributed by atoms with Gasteiger partial charge in [-0.2, -0.15) is 5.10 Å². The highest BCUT2D eigenvalue weighted by molar-refractivity contribution is 5.92. The van der Waals surface area contributed by atoms with Gasteiger partial charge in [0.2, 0.25) is 5.56 Å². The number of rotatable bonds is 3. The number of hydrogen-bond acceptors (Lipinski definition) is 4. The van der Waals surface area contributed by atoms with E-state index in [9.17, 15) is 9.59 Å². The van der Waals surface area contributed by atoms with Crippen LogP contribution in [0.15, 0.2) is 23.0 Å². The van der Waals surface area contributed by atoms with Crippen LogP contribution in [0.3, 0.4) is 0 Å². The number of aryl methyl sites for hydroxylation is 1. The van der Waals surface area contributed by atoms with E-state index in [4.69, 9.17) is 0 Å². The van der Waals surface area contributed by atoms with Gasteiger partial charge in [0, 0.05) is 31.5 Å². The van der Waals surface area contributed by atoms with E-state index in [2.05, 4.69) is 20.2 Å². The average molecular weight is 301 g/mol. The third-order valence-corrected chi connectivity index (χ3v) is 4.03. The highest BCUT2D eigenvalue weighted by Crippen LogP contribution is 2.26.